The molecule has 1 aromatic rings. The Kier molecular flexibility index (Phi) is 3.74. The van der Waals surface area contributed by atoms with Crippen LogP contribution in [0.3, 0.4) is 0 Å². The number of carbonyl (C=O) groups is 1. The summed E-state index contributed by atoms with van der Waals surface area (Å²) < 4.78 is 13.6. The largest absolute Gasteiger partial charge is 0.318 e. The third-order valence-corrected chi connectivity index (χ3v) is 3.49. The van der Waals surface area contributed by atoms with Crippen LogP contribution in [0.5, 0.6) is 0 Å². The summed E-state index contributed by atoms with van der Waals surface area (Å²) in [6.45, 7) is 0.652. The van der Waals surface area contributed by atoms with Crippen LogP contribution in [0.2, 0.25) is 0 Å². The standard InChI is InChI=1S/C15H16FN5O/c1-19(2)21-8-7-14-17-13(9-20(14)10-21)15(22)18-12-6-4-3-5-11(12)16/h3-9H,10H2,1-2H3,(H,18,22)/p+1. The molecule has 0 saturated heterocycles. The summed E-state index contributed by atoms with van der Waals surface area (Å²) in [5.74, 6) is -0.105. The Morgan fingerprint density at radius 2 is 2.18 bits per heavy atom. The van der Waals surface area contributed by atoms with Crippen LogP contribution in [-0.2, 0) is 4.79 Å². The average molecular weight is 302 g/mol. The Morgan fingerprint density at radius 3 is 2.91 bits per heavy atom. The number of hydrogen-bond acceptors (Lipinski definition) is 4. The van der Waals surface area contributed by atoms with E-state index in [9.17, 15) is 9.18 Å². The lowest BCUT2D eigenvalue weighted by Crippen LogP contribution is -3.11. The lowest BCUT2D eigenvalue weighted by Gasteiger charge is -2.30. The number of nitrogens with zero attached hydrogens (tertiary/aromatic N) is 3. The highest BCUT2D eigenvalue weighted by atomic mass is 19.1. The summed E-state index contributed by atoms with van der Waals surface area (Å²) in [5, 5.41) is 6.50. The van der Waals surface area contributed by atoms with Crippen molar-refractivity contribution in [1.82, 2.24) is 10.0 Å². The highest BCUT2D eigenvalue weighted by Gasteiger charge is 2.30. The smallest absolute Gasteiger partial charge is 0.280 e. The van der Waals surface area contributed by atoms with Crippen molar-refractivity contribution in [2.24, 2.45) is 4.99 Å². The predicted molar refractivity (Wildman–Crippen MR) is 81.0 cm³/mol. The minimum Gasteiger partial charge on any atom is -0.318 e. The highest BCUT2D eigenvalue weighted by Crippen LogP contribution is 2.14. The molecule has 0 saturated carbocycles. The summed E-state index contributed by atoms with van der Waals surface area (Å²) in [6.07, 6.45) is 5.51. The minimum absolute atomic E-state index is 0.152. The summed E-state index contributed by atoms with van der Waals surface area (Å²) in [4.78, 5) is 17.5. The van der Waals surface area contributed by atoms with Gasteiger partial charge < -0.3 is 5.32 Å². The second kappa shape index (κ2) is 5.70. The van der Waals surface area contributed by atoms with Crippen LogP contribution >= 0.6 is 0 Å². The number of fused-ring (bicyclic) bond motifs is 1. The Morgan fingerprint density at radius 1 is 1.41 bits per heavy atom. The van der Waals surface area contributed by atoms with Gasteiger partial charge in [0.2, 0.25) is 5.84 Å². The summed E-state index contributed by atoms with van der Waals surface area (Å²) in [7, 11) is 3.88. The van der Waals surface area contributed by atoms with Gasteiger partial charge in [-0.25, -0.2) is 14.3 Å². The van der Waals surface area contributed by atoms with E-state index in [4.69, 9.17) is 0 Å². The number of halogens is 1. The molecule has 1 unspecified atom stereocenters. The maximum Gasteiger partial charge on any atom is 0.280 e. The second-order valence-corrected chi connectivity index (χ2v) is 5.25. The van der Waals surface area contributed by atoms with Gasteiger partial charge in [0, 0.05) is 26.4 Å². The maximum atomic E-state index is 13.6. The number of para-hydroxylation sites is 1. The van der Waals surface area contributed by atoms with E-state index < -0.39 is 11.7 Å². The van der Waals surface area contributed by atoms with E-state index in [0.717, 1.165) is 10.7 Å². The molecule has 0 aliphatic carbocycles. The van der Waals surface area contributed by atoms with Gasteiger partial charge in [-0.05, 0) is 12.1 Å². The number of hydrogen-bond donors (Lipinski definition) is 2. The molecule has 0 spiro atoms. The summed E-state index contributed by atoms with van der Waals surface area (Å²) in [6, 6.07) is 6.06. The number of amides is 1. The first kappa shape index (κ1) is 14.4. The number of rotatable bonds is 3. The van der Waals surface area contributed by atoms with E-state index in [-0.39, 0.29) is 5.69 Å². The number of amidine groups is 1. The van der Waals surface area contributed by atoms with Crippen LogP contribution in [0.25, 0.3) is 0 Å². The van der Waals surface area contributed by atoms with E-state index in [1.54, 1.807) is 18.3 Å². The van der Waals surface area contributed by atoms with Crippen molar-refractivity contribution in [2.75, 3.05) is 26.1 Å². The lowest BCUT2D eigenvalue weighted by atomic mass is 10.3. The van der Waals surface area contributed by atoms with Crippen LogP contribution in [0, 0.1) is 5.82 Å². The molecule has 0 bridgehead atoms. The van der Waals surface area contributed by atoms with E-state index in [2.05, 4.69) is 10.3 Å². The fourth-order valence-electron chi connectivity index (χ4n) is 2.27. The number of nitrogens with one attached hydrogen (secondary N) is 2. The quantitative estimate of drug-likeness (QED) is 0.837. The molecule has 2 heterocycles. The summed E-state index contributed by atoms with van der Waals surface area (Å²) >= 11 is 0. The van der Waals surface area contributed by atoms with Gasteiger partial charge >= 0.3 is 0 Å². The van der Waals surface area contributed by atoms with Gasteiger partial charge in [-0.3, -0.25) is 9.80 Å². The number of anilines is 1. The van der Waals surface area contributed by atoms with Crippen molar-refractivity contribution in [3.63, 3.8) is 0 Å². The average Bonchev–Trinajstić information content (AvgIpc) is 2.92. The molecule has 7 heteroatoms. The fraction of sp³-hybridized carbons (Fsp3) is 0.200. The molecule has 6 nitrogen and oxygen atoms in total. The maximum absolute atomic E-state index is 13.6. The van der Waals surface area contributed by atoms with Crippen molar-refractivity contribution in [3.8, 4) is 0 Å². The molecular weight excluding hydrogens is 285 g/mol. The molecule has 1 aromatic carbocycles. The van der Waals surface area contributed by atoms with Crippen molar-refractivity contribution in [3.05, 3.63) is 54.3 Å². The molecule has 0 aromatic heterocycles. The monoisotopic (exact) mass is 302 g/mol. The fourth-order valence-corrected chi connectivity index (χ4v) is 2.27. The van der Waals surface area contributed by atoms with Crippen LogP contribution in [0.1, 0.15) is 0 Å². The first-order valence-electron chi connectivity index (χ1n) is 6.89. The van der Waals surface area contributed by atoms with Gasteiger partial charge in [0.1, 0.15) is 12.0 Å². The molecule has 3 rings (SSSR count). The Hall–Kier alpha value is -2.51. The molecular formula is C15H17FN5O+. The second-order valence-electron chi connectivity index (χ2n) is 5.25. The normalized spacial score (nSPS) is 19.8. The SMILES string of the molecule is CN(C)N1C=CC2=NC(C(=O)Nc3ccccc3F)=C[NH+]2C1. The Balaban J connectivity index is 1.74. The number of carbonyl (C=O) groups excluding carboxylic acids is 1. The molecule has 1 atom stereocenters. The van der Waals surface area contributed by atoms with Crippen LogP contribution in [-0.4, -0.2) is 42.5 Å². The van der Waals surface area contributed by atoms with Gasteiger partial charge in [-0.2, -0.15) is 4.99 Å². The Labute approximate surface area is 127 Å². The van der Waals surface area contributed by atoms with Crippen molar-refractivity contribution in [1.29, 1.82) is 0 Å². The van der Waals surface area contributed by atoms with Crippen LogP contribution < -0.4 is 10.2 Å². The van der Waals surface area contributed by atoms with Crippen molar-refractivity contribution >= 4 is 17.4 Å². The highest BCUT2D eigenvalue weighted by molar-refractivity contribution is 6.06. The Bertz CT molecular complexity index is 695. The number of aliphatic imine (C=N–C) groups is 1. The van der Waals surface area contributed by atoms with Crippen molar-refractivity contribution < 1.29 is 14.1 Å². The summed E-state index contributed by atoms with van der Waals surface area (Å²) in [5.41, 5.74) is 0.442. The van der Waals surface area contributed by atoms with E-state index in [1.165, 1.54) is 12.1 Å². The van der Waals surface area contributed by atoms with Gasteiger partial charge in [0.15, 0.2) is 12.4 Å². The first-order valence-corrected chi connectivity index (χ1v) is 6.89. The van der Waals surface area contributed by atoms with Crippen molar-refractivity contribution in [2.45, 2.75) is 0 Å². The number of quaternary nitrogens is 1. The van der Waals surface area contributed by atoms with Gasteiger partial charge in [-0.15, -0.1) is 0 Å². The van der Waals surface area contributed by atoms with Gasteiger partial charge in [-0.1, -0.05) is 12.1 Å². The number of benzene rings is 1. The predicted octanol–water partition coefficient (Wildman–Crippen LogP) is 0.166. The zero-order valence-electron chi connectivity index (χ0n) is 12.4. The van der Waals surface area contributed by atoms with Crippen LogP contribution in [0.15, 0.2) is 53.4 Å². The third kappa shape index (κ3) is 2.76. The van der Waals surface area contributed by atoms with Crippen LogP contribution in [0.4, 0.5) is 10.1 Å². The van der Waals surface area contributed by atoms with E-state index in [1.807, 2.05) is 36.4 Å². The molecule has 2 aliphatic heterocycles. The lowest BCUT2D eigenvalue weighted by molar-refractivity contribution is -0.762. The van der Waals surface area contributed by atoms with E-state index in [0.29, 0.717) is 12.4 Å². The van der Waals surface area contributed by atoms with E-state index >= 15 is 0 Å². The van der Waals surface area contributed by atoms with Gasteiger partial charge in [0.25, 0.3) is 5.91 Å². The molecule has 2 aliphatic rings. The zero-order chi connectivity index (χ0) is 15.7. The molecule has 0 radical (unpaired) electrons. The van der Waals surface area contributed by atoms with Gasteiger partial charge in [0.05, 0.1) is 5.69 Å². The minimum atomic E-state index is -0.467. The molecule has 2 N–H and O–H groups in total. The molecule has 1 amide bonds. The molecule has 0 fully saturated rings. The zero-order valence-corrected chi connectivity index (χ0v) is 12.4. The first-order chi connectivity index (χ1) is 10.5. The number of hydrazine groups is 1. The molecule has 114 valence electrons. The molecule has 22 heavy (non-hydrogen) atoms. The topological polar surface area (TPSA) is 52.4 Å². The third-order valence-electron chi connectivity index (χ3n) is 3.49.